The molecule has 0 aliphatic heterocycles. The molecule has 2 nitrogen and oxygen atoms in total. The molecule has 1 heterocycles. The lowest BCUT2D eigenvalue weighted by Crippen LogP contribution is -2.08. The summed E-state index contributed by atoms with van der Waals surface area (Å²) in [6.45, 7) is 5.69. The molecule has 0 aliphatic carbocycles. The van der Waals surface area contributed by atoms with Gasteiger partial charge in [0.15, 0.2) is 0 Å². The van der Waals surface area contributed by atoms with Crippen molar-refractivity contribution in [3.63, 3.8) is 0 Å². The second kappa shape index (κ2) is 5.37. The second-order valence-corrected chi connectivity index (χ2v) is 4.66. The summed E-state index contributed by atoms with van der Waals surface area (Å²) in [5.41, 5.74) is 2.26. The van der Waals surface area contributed by atoms with Gasteiger partial charge in [-0.05, 0) is 23.6 Å². The van der Waals surface area contributed by atoms with E-state index in [2.05, 4.69) is 36.7 Å². The van der Waals surface area contributed by atoms with E-state index in [0.29, 0.717) is 0 Å². The maximum atomic E-state index is 9.31. The molecule has 0 amide bonds. The molecule has 2 aromatic rings. The molecule has 1 aromatic heterocycles. The van der Waals surface area contributed by atoms with E-state index in [1.54, 1.807) is 0 Å². The number of benzene rings is 1. The summed E-state index contributed by atoms with van der Waals surface area (Å²) < 4.78 is 2.31. The maximum Gasteiger partial charge on any atom is 0.0688 e. The number of aromatic nitrogens is 1. The molecular weight excluding hydrogens is 210 g/mol. The normalized spacial score (nSPS) is 11.5. The van der Waals surface area contributed by atoms with E-state index in [1.807, 2.05) is 12.1 Å². The number of aliphatic hydroxyl groups excluding tert-OH is 1. The predicted octanol–water partition coefficient (Wildman–Crippen LogP) is 3.57. The molecule has 1 N–H and O–H groups in total. The van der Waals surface area contributed by atoms with Crippen molar-refractivity contribution >= 4 is 10.9 Å². The van der Waals surface area contributed by atoms with E-state index in [9.17, 15) is 5.11 Å². The van der Waals surface area contributed by atoms with Crippen LogP contribution in [0.5, 0.6) is 0 Å². The van der Waals surface area contributed by atoms with E-state index in [0.717, 1.165) is 18.0 Å². The van der Waals surface area contributed by atoms with Crippen LogP contribution in [0.2, 0.25) is 0 Å². The Labute approximate surface area is 103 Å². The smallest absolute Gasteiger partial charge is 0.0688 e. The first kappa shape index (κ1) is 12.2. The Morgan fingerprint density at radius 3 is 2.59 bits per heavy atom. The highest BCUT2D eigenvalue weighted by Gasteiger charge is 2.08. The Bertz CT molecular complexity index is 483. The van der Waals surface area contributed by atoms with Gasteiger partial charge in [-0.3, -0.25) is 0 Å². The van der Waals surface area contributed by atoms with Gasteiger partial charge in [-0.2, -0.15) is 0 Å². The molecule has 2 heteroatoms. The van der Waals surface area contributed by atoms with Crippen molar-refractivity contribution in [3.8, 4) is 0 Å². The van der Waals surface area contributed by atoms with Gasteiger partial charge in [0, 0.05) is 23.6 Å². The van der Waals surface area contributed by atoms with Gasteiger partial charge >= 0.3 is 0 Å². The summed E-state index contributed by atoms with van der Waals surface area (Å²) in [4.78, 5) is 0. The monoisotopic (exact) mass is 231 g/mol. The van der Waals surface area contributed by atoms with E-state index < -0.39 is 0 Å². The average Bonchev–Trinajstić information content (AvgIpc) is 2.79. The molecule has 92 valence electrons. The van der Waals surface area contributed by atoms with Crippen molar-refractivity contribution < 1.29 is 5.11 Å². The third kappa shape index (κ3) is 2.37. The lowest BCUT2D eigenvalue weighted by molar-refractivity contribution is 0.283. The van der Waals surface area contributed by atoms with Crippen LogP contribution in [0, 0.1) is 5.92 Å². The van der Waals surface area contributed by atoms with Gasteiger partial charge in [-0.1, -0.05) is 38.8 Å². The van der Waals surface area contributed by atoms with E-state index >= 15 is 0 Å². The molecule has 0 bridgehead atoms. The Morgan fingerprint density at radius 1 is 1.18 bits per heavy atom. The zero-order valence-corrected chi connectivity index (χ0v) is 10.7. The molecule has 0 saturated carbocycles. The SMILES string of the molecule is CCC(CC)Cn1ccc2c(CO)cccc21. The Kier molecular flexibility index (Phi) is 3.85. The van der Waals surface area contributed by atoms with Gasteiger partial charge in [0.05, 0.1) is 6.61 Å². The van der Waals surface area contributed by atoms with Crippen LogP contribution in [0.15, 0.2) is 30.5 Å². The van der Waals surface area contributed by atoms with Crippen LogP contribution in [0.25, 0.3) is 10.9 Å². The molecule has 0 fully saturated rings. The van der Waals surface area contributed by atoms with E-state index in [-0.39, 0.29) is 6.61 Å². The zero-order valence-electron chi connectivity index (χ0n) is 10.7. The van der Waals surface area contributed by atoms with Crippen molar-refractivity contribution in [1.82, 2.24) is 4.57 Å². The third-order valence-electron chi connectivity index (χ3n) is 3.68. The quantitative estimate of drug-likeness (QED) is 0.836. The fourth-order valence-electron chi connectivity index (χ4n) is 2.41. The Morgan fingerprint density at radius 2 is 1.94 bits per heavy atom. The Balaban J connectivity index is 2.36. The minimum absolute atomic E-state index is 0.117. The van der Waals surface area contributed by atoms with Crippen LogP contribution in [0.4, 0.5) is 0 Å². The fourth-order valence-corrected chi connectivity index (χ4v) is 2.41. The molecular formula is C15H21NO. The van der Waals surface area contributed by atoms with Gasteiger partial charge in [-0.15, -0.1) is 0 Å². The van der Waals surface area contributed by atoms with Crippen LogP contribution in [0.1, 0.15) is 32.3 Å². The van der Waals surface area contributed by atoms with Crippen LogP contribution < -0.4 is 0 Å². The van der Waals surface area contributed by atoms with Gasteiger partial charge in [-0.25, -0.2) is 0 Å². The number of nitrogens with zero attached hydrogens (tertiary/aromatic N) is 1. The second-order valence-electron chi connectivity index (χ2n) is 4.66. The number of hydrogen-bond donors (Lipinski definition) is 1. The summed E-state index contributed by atoms with van der Waals surface area (Å²) in [5.74, 6) is 0.739. The van der Waals surface area contributed by atoms with Crippen molar-refractivity contribution in [2.75, 3.05) is 0 Å². The number of fused-ring (bicyclic) bond motifs is 1. The first-order valence-electron chi connectivity index (χ1n) is 6.47. The summed E-state index contributed by atoms with van der Waals surface area (Å²) in [6, 6.07) is 8.27. The molecule has 0 unspecified atom stereocenters. The minimum Gasteiger partial charge on any atom is -0.392 e. The summed E-state index contributed by atoms with van der Waals surface area (Å²) >= 11 is 0. The standard InChI is InChI=1S/C15H21NO/c1-3-12(4-2)10-16-9-8-14-13(11-17)6-5-7-15(14)16/h5-9,12,17H,3-4,10-11H2,1-2H3. The third-order valence-corrected chi connectivity index (χ3v) is 3.68. The first-order valence-corrected chi connectivity index (χ1v) is 6.47. The number of rotatable bonds is 5. The maximum absolute atomic E-state index is 9.31. The van der Waals surface area contributed by atoms with Crippen molar-refractivity contribution in [3.05, 3.63) is 36.0 Å². The zero-order chi connectivity index (χ0) is 12.3. The summed E-state index contributed by atoms with van der Waals surface area (Å²) in [5, 5.41) is 10.5. The molecule has 0 aliphatic rings. The van der Waals surface area contributed by atoms with Crippen LogP contribution >= 0.6 is 0 Å². The Hall–Kier alpha value is -1.28. The highest BCUT2D eigenvalue weighted by Crippen LogP contribution is 2.22. The van der Waals surface area contributed by atoms with Crippen molar-refractivity contribution in [2.24, 2.45) is 5.92 Å². The highest BCUT2D eigenvalue weighted by atomic mass is 16.3. The highest BCUT2D eigenvalue weighted by molar-refractivity contribution is 5.83. The van der Waals surface area contributed by atoms with E-state index in [1.165, 1.54) is 23.7 Å². The minimum atomic E-state index is 0.117. The lowest BCUT2D eigenvalue weighted by atomic mass is 10.0. The van der Waals surface area contributed by atoms with Gasteiger partial charge in [0.25, 0.3) is 0 Å². The number of hydrogen-bond acceptors (Lipinski definition) is 1. The van der Waals surface area contributed by atoms with Crippen molar-refractivity contribution in [2.45, 2.75) is 39.8 Å². The molecule has 1 aromatic carbocycles. The molecule has 2 rings (SSSR count). The molecule has 0 atom stereocenters. The van der Waals surface area contributed by atoms with Crippen LogP contribution in [-0.2, 0) is 13.2 Å². The van der Waals surface area contributed by atoms with Crippen LogP contribution in [-0.4, -0.2) is 9.67 Å². The van der Waals surface area contributed by atoms with Gasteiger partial charge in [0.1, 0.15) is 0 Å². The fraction of sp³-hybridized carbons (Fsp3) is 0.467. The lowest BCUT2D eigenvalue weighted by Gasteiger charge is -2.14. The molecule has 0 saturated heterocycles. The van der Waals surface area contributed by atoms with E-state index in [4.69, 9.17) is 0 Å². The van der Waals surface area contributed by atoms with Gasteiger partial charge < -0.3 is 9.67 Å². The summed E-state index contributed by atoms with van der Waals surface area (Å²) in [7, 11) is 0. The predicted molar refractivity (Wildman–Crippen MR) is 71.9 cm³/mol. The van der Waals surface area contributed by atoms with Crippen molar-refractivity contribution in [1.29, 1.82) is 0 Å². The first-order chi connectivity index (χ1) is 8.30. The van der Waals surface area contributed by atoms with Gasteiger partial charge in [0.2, 0.25) is 0 Å². The topological polar surface area (TPSA) is 25.2 Å². The largest absolute Gasteiger partial charge is 0.392 e. The van der Waals surface area contributed by atoms with Crippen LogP contribution in [0.3, 0.4) is 0 Å². The molecule has 0 radical (unpaired) electrons. The average molecular weight is 231 g/mol. The summed E-state index contributed by atoms with van der Waals surface area (Å²) in [6.07, 6.45) is 4.58. The number of aliphatic hydroxyl groups is 1. The molecule has 0 spiro atoms. The molecule has 17 heavy (non-hydrogen) atoms.